The summed E-state index contributed by atoms with van der Waals surface area (Å²) in [5.74, 6) is 0.119. The van der Waals surface area contributed by atoms with Crippen LogP contribution in [0.1, 0.15) is 11.1 Å². The molecule has 0 amide bonds. The van der Waals surface area contributed by atoms with Crippen molar-refractivity contribution >= 4 is 0 Å². The number of aromatic hydroxyl groups is 1. The van der Waals surface area contributed by atoms with E-state index in [2.05, 4.69) is 5.32 Å². The molecule has 0 radical (unpaired) electrons. The third-order valence-electron chi connectivity index (χ3n) is 2.81. The molecule has 0 bridgehead atoms. The van der Waals surface area contributed by atoms with Gasteiger partial charge >= 0.3 is 0 Å². The molecular formula is C15H16FNO. The maximum absolute atomic E-state index is 12.7. The smallest absolute Gasteiger partial charge is 0.123 e. The van der Waals surface area contributed by atoms with Crippen molar-refractivity contribution in [3.8, 4) is 5.75 Å². The number of rotatable bonds is 5. The first-order valence-electron chi connectivity index (χ1n) is 5.98. The first-order valence-corrected chi connectivity index (χ1v) is 5.98. The fourth-order valence-electron chi connectivity index (χ4n) is 1.78. The molecule has 2 rings (SSSR count). The maximum atomic E-state index is 12.7. The van der Waals surface area contributed by atoms with E-state index >= 15 is 0 Å². The van der Waals surface area contributed by atoms with E-state index in [4.69, 9.17) is 0 Å². The monoisotopic (exact) mass is 245 g/mol. The molecule has 2 N–H and O–H groups in total. The zero-order valence-electron chi connectivity index (χ0n) is 10.1. The number of hydrogen-bond acceptors (Lipinski definition) is 2. The molecule has 94 valence electrons. The molecule has 2 nitrogen and oxygen atoms in total. The Morgan fingerprint density at radius 1 is 1.00 bits per heavy atom. The molecule has 0 fully saturated rings. The molecule has 0 aliphatic rings. The second-order valence-corrected chi connectivity index (χ2v) is 4.18. The van der Waals surface area contributed by atoms with Gasteiger partial charge in [-0.3, -0.25) is 0 Å². The number of para-hydroxylation sites is 1. The number of nitrogens with one attached hydrogen (secondary N) is 1. The average molecular weight is 245 g/mol. The second kappa shape index (κ2) is 6.17. The summed E-state index contributed by atoms with van der Waals surface area (Å²) in [6, 6.07) is 13.8. The van der Waals surface area contributed by atoms with Gasteiger partial charge in [-0.15, -0.1) is 0 Å². The van der Waals surface area contributed by atoms with Crippen LogP contribution in [0.2, 0.25) is 0 Å². The van der Waals surface area contributed by atoms with Gasteiger partial charge in [0.1, 0.15) is 11.6 Å². The van der Waals surface area contributed by atoms with Gasteiger partial charge in [-0.2, -0.15) is 0 Å². The highest BCUT2D eigenvalue weighted by Gasteiger charge is 1.99. The molecule has 0 aliphatic carbocycles. The molecule has 0 spiro atoms. The Kier molecular flexibility index (Phi) is 4.31. The Morgan fingerprint density at radius 3 is 2.44 bits per heavy atom. The Bertz CT molecular complexity index is 496. The minimum absolute atomic E-state index is 0.215. The molecular weight excluding hydrogens is 229 g/mol. The minimum Gasteiger partial charge on any atom is -0.508 e. The topological polar surface area (TPSA) is 32.3 Å². The summed E-state index contributed by atoms with van der Waals surface area (Å²) in [5.41, 5.74) is 1.98. The van der Waals surface area contributed by atoms with Gasteiger partial charge in [0.25, 0.3) is 0 Å². The highest BCUT2D eigenvalue weighted by Crippen LogP contribution is 2.15. The lowest BCUT2D eigenvalue weighted by Gasteiger charge is -2.06. The minimum atomic E-state index is -0.215. The summed E-state index contributed by atoms with van der Waals surface area (Å²) in [4.78, 5) is 0. The van der Waals surface area contributed by atoms with Crippen LogP contribution in [0.4, 0.5) is 4.39 Å². The SMILES string of the molecule is Oc1ccccc1CCNCc1ccc(F)cc1. The van der Waals surface area contributed by atoms with Gasteiger partial charge in [0, 0.05) is 6.54 Å². The Labute approximate surface area is 106 Å². The predicted molar refractivity (Wildman–Crippen MR) is 69.9 cm³/mol. The van der Waals surface area contributed by atoms with Gasteiger partial charge in [-0.1, -0.05) is 30.3 Å². The number of halogens is 1. The van der Waals surface area contributed by atoms with E-state index in [0.29, 0.717) is 12.3 Å². The molecule has 0 saturated heterocycles. The number of hydrogen-bond donors (Lipinski definition) is 2. The van der Waals surface area contributed by atoms with Gasteiger partial charge < -0.3 is 10.4 Å². The Balaban J connectivity index is 1.76. The third-order valence-corrected chi connectivity index (χ3v) is 2.81. The first-order chi connectivity index (χ1) is 8.75. The summed E-state index contributed by atoms with van der Waals surface area (Å²) in [6.07, 6.45) is 0.772. The number of phenolic OH excluding ortho intramolecular Hbond substituents is 1. The van der Waals surface area contributed by atoms with Crippen molar-refractivity contribution in [2.75, 3.05) is 6.54 Å². The van der Waals surface area contributed by atoms with Crippen LogP contribution in [0.5, 0.6) is 5.75 Å². The largest absolute Gasteiger partial charge is 0.508 e. The molecule has 2 aromatic rings. The van der Waals surface area contributed by atoms with Gasteiger partial charge in [-0.25, -0.2) is 4.39 Å². The Morgan fingerprint density at radius 2 is 1.72 bits per heavy atom. The van der Waals surface area contributed by atoms with Crippen molar-refractivity contribution in [3.05, 3.63) is 65.5 Å². The van der Waals surface area contributed by atoms with Crippen molar-refractivity contribution in [1.29, 1.82) is 0 Å². The van der Waals surface area contributed by atoms with E-state index in [1.54, 1.807) is 18.2 Å². The zero-order chi connectivity index (χ0) is 12.8. The van der Waals surface area contributed by atoms with Crippen LogP contribution in [0, 0.1) is 5.82 Å². The van der Waals surface area contributed by atoms with Crippen molar-refractivity contribution in [2.45, 2.75) is 13.0 Å². The van der Waals surface area contributed by atoms with Crippen LogP contribution in [0.25, 0.3) is 0 Å². The molecule has 0 aliphatic heterocycles. The fourth-order valence-corrected chi connectivity index (χ4v) is 1.78. The standard InChI is InChI=1S/C15H16FNO/c16-14-7-5-12(6-8-14)11-17-10-9-13-3-1-2-4-15(13)18/h1-8,17-18H,9-11H2. The molecule has 0 saturated carbocycles. The van der Waals surface area contributed by atoms with Gasteiger partial charge in [0.2, 0.25) is 0 Å². The lowest BCUT2D eigenvalue weighted by molar-refractivity contribution is 0.467. The normalized spacial score (nSPS) is 10.5. The van der Waals surface area contributed by atoms with Gasteiger partial charge in [-0.05, 0) is 42.3 Å². The van der Waals surface area contributed by atoms with Crippen LogP contribution >= 0.6 is 0 Å². The van der Waals surface area contributed by atoms with Crippen LogP contribution < -0.4 is 5.32 Å². The predicted octanol–water partition coefficient (Wildman–Crippen LogP) is 2.86. The Hall–Kier alpha value is -1.87. The highest BCUT2D eigenvalue weighted by molar-refractivity contribution is 5.31. The quantitative estimate of drug-likeness (QED) is 0.794. The van der Waals surface area contributed by atoms with E-state index < -0.39 is 0 Å². The lowest BCUT2D eigenvalue weighted by Crippen LogP contribution is -2.16. The van der Waals surface area contributed by atoms with Crippen LogP contribution in [-0.4, -0.2) is 11.7 Å². The fraction of sp³-hybridized carbons (Fsp3) is 0.200. The molecule has 18 heavy (non-hydrogen) atoms. The van der Waals surface area contributed by atoms with E-state index in [0.717, 1.165) is 24.1 Å². The zero-order valence-corrected chi connectivity index (χ0v) is 10.1. The van der Waals surface area contributed by atoms with Crippen molar-refractivity contribution in [3.63, 3.8) is 0 Å². The number of phenols is 1. The van der Waals surface area contributed by atoms with Gasteiger partial charge in [0.15, 0.2) is 0 Å². The van der Waals surface area contributed by atoms with Crippen molar-refractivity contribution in [2.24, 2.45) is 0 Å². The van der Waals surface area contributed by atoms with Crippen molar-refractivity contribution < 1.29 is 9.50 Å². The van der Waals surface area contributed by atoms with E-state index in [-0.39, 0.29) is 5.82 Å². The molecule has 2 aromatic carbocycles. The summed E-state index contributed by atoms with van der Waals surface area (Å²) in [5, 5.41) is 12.9. The van der Waals surface area contributed by atoms with Crippen LogP contribution in [0.15, 0.2) is 48.5 Å². The summed E-state index contributed by atoms with van der Waals surface area (Å²) in [6.45, 7) is 1.48. The van der Waals surface area contributed by atoms with Gasteiger partial charge in [0.05, 0.1) is 0 Å². The molecule has 0 atom stereocenters. The molecule has 0 heterocycles. The molecule has 0 aromatic heterocycles. The third kappa shape index (κ3) is 3.57. The lowest BCUT2D eigenvalue weighted by atomic mass is 10.1. The van der Waals surface area contributed by atoms with Crippen LogP contribution in [-0.2, 0) is 13.0 Å². The van der Waals surface area contributed by atoms with E-state index in [9.17, 15) is 9.50 Å². The first kappa shape index (κ1) is 12.6. The average Bonchev–Trinajstić information content (AvgIpc) is 2.39. The second-order valence-electron chi connectivity index (χ2n) is 4.18. The maximum Gasteiger partial charge on any atom is 0.123 e. The summed E-state index contributed by atoms with van der Waals surface area (Å²) in [7, 11) is 0. The highest BCUT2D eigenvalue weighted by atomic mass is 19.1. The molecule has 3 heteroatoms. The molecule has 0 unspecified atom stereocenters. The van der Waals surface area contributed by atoms with Crippen LogP contribution in [0.3, 0.4) is 0 Å². The van der Waals surface area contributed by atoms with Crippen molar-refractivity contribution in [1.82, 2.24) is 5.32 Å². The van der Waals surface area contributed by atoms with E-state index in [1.807, 2.05) is 18.2 Å². The van der Waals surface area contributed by atoms with E-state index in [1.165, 1.54) is 12.1 Å². The summed E-state index contributed by atoms with van der Waals surface area (Å²) < 4.78 is 12.7. The summed E-state index contributed by atoms with van der Waals surface area (Å²) >= 11 is 0. The number of benzene rings is 2.